The summed E-state index contributed by atoms with van der Waals surface area (Å²) in [6.45, 7) is 1.51. The van der Waals surface area contributed by atoms with Gasteiger partial charge < -0.3 is 19.4 Å². The van der Waals surface area contributed by atoms with Gasteiger partial charge in [0.05, 0.1) is 23.0 Å². The first kappa shape index (κ1) is 16.2. The number of rotatable bonds is 3. The number of hydrogen-bond donors (Lipinski definition) is 2. The van der Waals surface area contributed by atoms with Crippen LogP contribution < -0.4 is 10.2 Å². The van der Waals surface area contributed by atoms with Crippen molar-refractivity contribution in [2.45, 2.75) is 25.9 Å². The Kier molecular flexibility index (Phi) is 3.68. The van der Waals surface area contributed by atoms with E-state index in [4.69, 9.17) is 14.3 Å². The number of carbonyl (C=O) groups is 1. The second-order valence-electron chi connectivity index (χ2n) is 6.43. The second kappa shape index (κ2) is 5.91. The number of hydrogen-bond acceptors (Lipinski definition) is 5. The van der Waals surface area contributed by atoms with Gasteiger partial charge in [0, 0.05) is 18.6 Å². The number of allylic oxidation sites excluding steroid dienone is 1. The Morgan fingerprint density at radius 3 is 2.81 bits per heavy atom. The van der Waals surface area contributed by atoms with Gasteiger partial charge in [0.15, 0.2) is 5.43 Å². The predicted octanol–water partition coefficient (Wildman–Crippen LogP) is 3.64. The average molecular weight is 352 g/mol. The van der Waals surface area contributed by atoms with Crippen molar-refractivity contribution < 1.29 is 24.2 Å². The molecule has 1 aromatic heterocycles. The van der Waals surface area contributed by atoms with Crippen molar-refractivity contribution in [3.8, 4) is 5.75 Å². The lowest BCUT2D eigenvalue weighted by Gasteiger charge is -2.26. The molecule has 26 heavy (non-hydrogen) atoms. The van der Waals surface area contributed by atoms with E-state index in [1.807, 2.05) is 12.1 Å². The van der Waals surface area contributed by atoms with E-state index in [0.717, 1.165) is 10.9 Å². The van der Waals surface area contributed by atoms with Crippen LogP contribution in [0.1, 0.15) is 24.7 Å². The SMILES string of the molecule is C/C(O)=C/c1cc2c3c(cc4cccc(=O)c4c3o1)CC(CC(=O)O)O2. The number of carboxylic acid groups (broad SMARTS) is 1. The first-order valence-corrected chi connectivity index (χ1v) is 8.20. The molecule has 3 aromatic rings. The summed E-state index contributed by atoms with van der Waals surface area (Å²) in [4.78, 5) is 23.5. The van der Waals surface area contributed by atoms with Crippen molar-refractivity contribution in [2.24, 2.45) is 0 Å². The first-order chi connectivity index (χ1) is 12.4. The Labute approximate surface area is 147 Å². The van der Waals surface area contributed by atoms with E-state index in [9.17, 15) is 14.7 Å². The normalized spacial score (nSPS) is 16.7. The van der Waals surface area contributed by atoms with Crippen molar-refractivity contribution in [3.63, 3.8) is 0 Å². The van der Waals surface area contributed by atoms with Gasteiger partial charge in [-0.2, -0.15) is 0 Å². The third-order valence-corrected chi connectivity index (χ3v) is 4.40. The monoisotopic (exact) mass is 352 g/mol. The van der Waals surface area contributed by atoms with Gasteiger partial charge in [0.2, 0.25) is 0 Å². The van der Waals surface area contributed by atoms with Gasteiger partial charge in [0.1, 0.15) is 23.2 Å². The van der Waals surface area contributed by atoms with Gasteiger partial charge in [-0.25, -0.2) is 0 Å². The predicted molar refractivity (Wildman–Crippen MR) is 96.6 cm³/mol. The molecule has 0 aliphatic carbocycles. The molecule has 2 aromatic carbocycles. The fourth-order valence-electron chi connectivity index (χ4n) is 3.47. The summed E-state index contributed by atoms with van der Waals surface area (Å²) in [7, 11) is 0. The van der Waals surface area contributed by atoms with Crippen molar-refractivity contribution in [1.29, 1.82) is 0 Å². The number of carboxylic acids is 1. The summed E-state index contributed by atoms with van der Waals surface area (Å²) in [6.07, 6.45) is 1.20. The molecule has 0 radical (unpaired) electrons. The minimum absolute atomic E-state index is 0.0426. The molecule has 0 fully saturated rings. The molecule has 2 heterocycles. The van der Waals surface area contributed by atoms with E-state index in [0.29, 0.717) is 34.3 Å². The zero-order valence-electron chi connectivity index (χ0n) is 14.0. The van der Waals surface area contributed by atoms with Gasteiger partial charge in [0.25, 0.3) is 0 Å². The lowest BCUT2D eigenvalue weighted by atomic mass is 9.94. The van der Waals surface area contributed by atoms with Crippen molar-refractivity contribution in [3.05, 3.63) is 57.6 Å². The highest BCUT2D eigenvalue weighted by Gasteiger charge is 2.27. The smallest absolute Gasteiger partial charge is 0.307 e. The molecule has 1 atom stereocenters. The highest BCUT2D eigenvalue weighted by Crippen LogP contribution is 2.40. The fraction of sp³-hybridized carbons (Fsp3) is 0.200. The molecule has 0 saturated carbocycles. The van der Waals surface area contributed by atoms with Gasteiger partial charge in [-0.3, -0.25) is 9.59 Å². The van der Waals surface area contributed by atoms with Crippen LogP contribution in [0.2, 0.25) is 0 Å². The van der Waals surface area contributed by atoms with Gasteiger partial charge in [-0.15, -0.1) is 0 Å². The second-order valence-corrected chi connectivity index (χ2v) is 6.43. The van der Waals surface area contributed by atoms with Crippen LogP contribution in [-0.4, -0.2) is 22.3 Å². The molecule has 0 bridgehead atoms. The summed E-state index contributed by atoms with van der Waals surface area (Å²) in [5.74, 6) is -0.119. The van der Waals surface area contributed by atoms with Crippen LogP contribution in [0.4, 0.5) is 0 Å². The standard InChI is InChI=1S/C20H16O6/c1-10(21)5-13-8-16-19-12(7-14(25-16)9-17(23)24)6-11-3-2-4-15(22)18(11)20(19)26-13/h2-6,8,14,21H,7,9H2,1H3,(H,23,24)/b10-5-. The summed E-state index contributed by atoms with van der Waals surface area (Å²) < 4.78 is 11.8. The van der Waals surface area contributed by atoms with Gasteiger partial charge in [-0.05, 0) is 30.0 Å². The van der Waals surface area contributed by atoms with Crippen LogP contribution in [0.15, 0.2) is 45.3 Å². The maximum Gasteiger partial charge on any atom is 0.307 e. The molecular formula is C20H16O6. The van der Waals surface area contributed by atoms with E-state index in [1.54, 1.807) is 12.1 Å². The lowest BCUT2D eigenvalue weighted by Crippen LogP contribution is -2.26. The highest BCUT2D eigenvalue weighted by atomic mass is 16.5. The molecule has 6 heteroatoms. The van der Waals surface area contributed by atoms with Gasteiger partial charge in [-0.1, -0.05) is 12.1 Å². The van der Waals surface area contributed by atoms with Gasteiger partial charge >= 0.3 is 5.97 Å². The average Bonchev–Trinajstić information content (AvgIpc) is 2.53. The maximum absolute atomic E-state index is 12.4. The number of aliphatic hydroxyl groups excluding tert-OH is 1. The maximum atomic E-state index is 12.4. The minimum Gasteiger partial charge on any atom is -0.512 e. The van der Waals surface area contributed by atoms with E-state index in [1.165, 1.54) is 19.1 Å². The molecule has 0 spiro atoms. The van der Waals surface area contributed by atoms with Crippen molar-refractivity contribution in [1.82, 2.24) is 0 Å². The highest BCUT2D eigenvalue weighted by molar-refractivity contribution is 6.08. The molecule has 1 unspecified atom stereocenters. The molecular weight excluding hydrogens is 336 g/mol. The van der Waals surface area contributed by atoms with Crippen LogP contribution in [0.3, 0.4) is 0 Å². The first-order valence-electron chi connectivity index (χ1n) is 8.20. The Morgan fingerprint density at radius 2 is 2.08 bits per heavy atom. The van der Waals surface area contributed by atoms with E-state index in [2.05, 4.69) is 0 Å². The number of fused-ring (bicyclic) bond motifs is 2. The summed E-state index contributed by atoms with van der Waals surface area (Å²) in [5.41, 5.74) is 1.10. The number of benzene rings is 2. The zero-order chi connectivity index (χ0) is 18.4. The zero-order valence-corrected chi connectivity index (χ0v) is 14.0. The Morgan fingerprint density at radius 1 is 1.27 bits per heavy atom. The molecule has 2 N–H and O–H groups in total. The third-order valence-electron chi connectivity index (χ3n) is 4.40. The van der Waals surface area contributed by atoms with Crippen molar-refractivity contribution >= 4 is 33.8 Å². The van der Waals surface area contributed by atoms with Crippen LogP contribution in [0.5, 0.6) is 5.75 Å². The molecule has 0 saturated heterocycles. The lowest BCUT2D eigenvalue weighted by molar-refractivity contribution is -0.138. The largest absolute Gasteiger partial charge is 0.512 e. The van der Waals surface area contributed by atoms with Crippen LogP contribution in [-0.2, 0) is 11.2 Å². The number of aliphatic carboxylic acids is 1. The summed E-state index contributed by atoms with van der Waals surface area (Å²) >= 11 is 0. The fourth-order valence-corrected chi connectivity index (χ4v) is 3.47. The van der Waals surface area contributed by atoms with Crippen LogP contribution >= 0.6 is 0 Å². The molecule has 1 aliphatic rings. The molecule has 132 valence electrons. The van der Waals surface area contributed by atoms with E-state index < -0.39 is 12.1 Å². The van der Waals surface area contributed by atoms with Crippen LogP contribution in [0.25, 0.3) is 27.8 Å². The number of aliphatic hydroxyl groups is 1. The van der Waals surface area contributed by atoms with E-state index >= 15 is 0 Å². The van der Waals surface area contributed by atoms with E-state index in [-0.39, 0.29) is 17.6 Å². The van der Waals surface area contributed by atoms with Crippen molar-refractivity contribution in [2.75, 3.05) is 0 Å². The molecule has 4 rings (SSSR count). The third kappa shape index (κ3) is 2.69. The molecule has 6 nitrogen and oxygen atoms in total. The summed E-state index contributed by atoms with van der Waals surface area (Å²) in [5, 5.41) is 20.5. The quantitative estimate of drug-likeness (QED) is 0.552. The number of ether oxygens (including phenoxy) is 1. The Balaban J connectivity index is 2.07. The summed E-state index contributed by atoms with van der Waals surface area (Å²) in [6, 6.07) is 8.47. The minimum atomic E-state index is -0.940. The molecule has 1 aliphatic heterocycles. The molecule has 0 amide bonds. The Bertz CT molecular complexity index is 1130. The van der Waals surface area contributed by atoms with Crippen LogP contribution in [0, 0.1) is 0 Å². The topological polar surface area (TPSA) is 97.0 Å². The Hall–Kier alpha value is -3.28.